The number of rotatable bonds is 10. The second kappa shape index (κ2) is 22.9. The van der Waals surface area contributed by atoms with Crippen molar-refractivity contribution in [3.05, 3.63) is 70.8 Å². The van der Waals surface area contributed by atoms with Crippen molar-refractivity contribution in [2.45, 2.75) is 113 Å². The molecule has 35 heavy (non-hydrogen) atoms. The molecule has 0 bridgehead atoms. The molecule has 1 aliphatic carbocycles. The highest BCUT2D eigenvalue weighted by Crippen LogP contribution is 2.32. The fourth-order valence-electron chi connectivity index (χ4n) is 3.81. The summed E-state index contributed by atoms with van der Waals surface area (Å²) in [5.41, 5.74) is 4.07. The molecule has 2 rings (SSSR count). The van der Waals surface area contributed by atoms with Crippen LogP contribution in [0.1, 0.15) is 119 Å². The predicted molar refractivity (Wildman–Crippen MR) is 165 cm³/mol. The average Bonchev–Trinajstić information content (AvgIpc) is 2.81. The number of hydrogen-bond donors (Lipinski definition) is 1. The average molecular weight is 548 g/mol. The molecule has 1 aromatic rings. The first-order valence-electron chi connectivity index (χ1n) is 13.7. The van der Waals surface area contributed by atoms with E-state index in [4.69, 9.17) is 0 Å². The standard InChI is InChI=1S/C13H26.C12H14O.C6H9Br.C2H6/c1-3-7-12(4-2)8-5-9-13-10-6-11-13;1-9(2)8-10(3)11-6-4-5-7-12(11)13;1-4-6(7)5(2)3;1-2/h12-13H,3-11H2,1-2H3;4-8,13H,3H2,1-2H3;4H,1H2,2-3H3;1-2H3. The van der Waals surface area contributed by atoms with Gasteiger partial charge >= 0.3 is 0 Å². The normalized spacial score (nSPS) is 12.6. The third kappa shape index (κ3) is 18.4. The molecule has 1 nitrogen and oxygen atoms in total. The monoisotopic (exact) mass is 546 g/mol. The summed E-state index contributed by atoms with van der Waals surface area (Å²) in [5, 5.41) is 9.50. The fraction of sp³-hybridized carbons (Fsp3) is 0.576. The number of phenols is 1. The summed E-state index contributed by atoms with van der Waals surface area (Å²) in [6, 6.07) is 7.21. The third-order valence-electron chi connectivity index (χ3n) is 6.09. The molecule has 0 aromatic heterocycles. The molecular weight excluding hydrogens is 492 g/mol. The molecule has 1 aliphatic rings. The van der Waals surface area contributed by atoms with E-state index in [0.717, 1.165) is 27.5 Å². The molecule has 0 radical (unpaired) electrons. The highest BCUT2D eigenvalue weighted by molar-refractivity contribution is 9.11. The van der Waals surface area contributed by atoms with Crippen LogP contribution in [0.25, 0.3) is 5.57 Å². The zero-order valence-electron chi connectivity index (χ0n) is 24.2. The summed E-state index contributed by atoms with van der Waals surface area (Å²) < 4.78 is 1.09. The summed E-state index contributed by atoms with van der Waals surface area (Å²) in [6.07, 6.45) is 17.1. The largest absolute Gasteiger partial charge is 0.507 e. The van der Waals surface area contributed by atoms with E-state index in [2.05, 4.69) is 42.9 Å². The first kappa shape index (κ1) is 35.6. The van der Waals surface area contributed by atoms with Gasteiger partial charge in [0.2, 0.25) is 0 Å². The van der Waals surface area contributed by atoms with Gasteiger partial charge in [0.25, 0.3) is 0 Å². The number of aromatic hydroxyl groups is 1. The molecule has 1 atom stereocenters. The van der Waals surface area contributed by atoms with Crippen LogP contribution in [0.4, 0.5) is 0 Å². The Balaban J connectivity index is 0. The lowest BCUT2D eigenvalue weighted by Gasteiger charge is -2.25. The van der Waals surface area contributed by atoms with Gasteiger partial charge in [-0.1, -0.05) is 156 Å². The number of halogens is 1. The van der Waals surface area contributed by atoms with Crippen LogP contribution in [0.15, 0.2) is 65.2 Å². The highest BCUT2D eigenvalue weighted by atomic mass is 79.9. The topological polar surface area (TPSA) is 20.2 Å². The number of phenolic OH excluding ortho intramolecular Hbond substituents is 1. The fourth-order valence-corrected chi connectivity index (χ4v) is 3.81. The third-order valence-corrected chi connectivity index (χ3v) is 7.21. The molecule has 200 valence electrons. The van der Waals surface area contributed by atoms with E-state index >= 15 is 0 Å². The lowest BCUT2D eigenvalue weighted by Crippen LogP contribution is -2.11. The van der Waals surface area contributed by atoms with E-state index in [0.29, 0.717) is 0 Å². The van der Waals surface area contributed by atoms with E-state index < -0.39 is 0 Å². The molecule has 2 heteroatoms. The van der Waals surface area contributed by atoms with E-state index in [1.807, 2.05) is 59.8 Å². The maximum Gasteiger partial charge on any atom is 0.123 e. The van der Waals surface area contributed by atoms with Gasteiger partial charge in [-0.15, -0.1) is 0 Å². The van der Waals surface area contributed by atoms with Crippen molar-refractivity contribution in [1.82, 2.24) is 0 Å². The minimum atomic E-state index is 0.282. The molecule has 0 heterocycles. The predicted octanol–water partition coefficient (Wildman–Crippen LogP) is 12.0. The van der Waals surface area contributed by atoms with Crippen LogP contribution in [0.5, 0.6) is 5.75 Å². The Hall–Kier alpha value is -1.54. The number of hydrogen-bond acceptors (Lipinski definition) is 1. The molecule has 0 aliphatic heterocycles. The molecule has 1 N–H and O–H groups in total. The van der Waals surface area contributed by atoms with Gasteiger partial charge in [-0.05, 0) is 51.2 Å². The zero-order valence-corrected chi connectivity index (χ0v) is 25.8. The maximum absolute atomic E-state index is 9.50. The highest BCUT2D eigenvalue weighted by Gasteiger charge is 2.17. The smallest absolute Gasteiger partial charge is 0.123 e. The first-order valence-corrected chi connectivity index (χ1v) is 14.5. The minimum Gasteiger partial charge on any atom is -0.507 e. The zero-order chi connectivity index (χ0) is 27.2. The quantitative estimate of drug-likeness (QED) is 0.289. The summed E-state index contributed by atoms with van der Waals surface area (Å²) in [6.45, 7) is 24.2. The van der Waals surface area contributed by atoms with Crippen molar-refractivity contribution in [1.29, 1.82) is 0 Å². The minimum absolute atomic E-state index is 0.282. The Morgan fingerprint density at radius 2 is 1.69 bits per heavy atom. The van der Waals surface area contributed by atoms with Gasteiger partial charge in [0.15, 0.2) is 0 Å². The van der Waals surface area contributed by atoms with Gasteiger partial charge in [-0.2, -0.15) is 0 Å². The van der Waals surface area contributed by atoms with E-state index in [-0.39, 0.29) is 5.75 Å². The molecule has 0 amide bonds. The summed E-state index contributed by atoms with van der Waals surface area (Å²) in [5.74, 6) is 2.44. The molecule has 1 unspecified atom stereocenters. The lowest BCUT2D eigenvalue weighted by molar-refractivity contribution is 0.275. The van der Waals surface area contributed by atoms with Gasteiger partial charge in [-0.25, -0.2) is 0 Å². The Kier molecular flexibility index (Phi) is 23.3. The van der Waals surface area contributed by atoms with E-state index in [1.54, 1.807) is 18.2 Å². The van der Waals surface area contributed by atoms with Crippen LogP contribution in [0, 0.1) is 11.8 Å². The van der Waals surface area contributed by atoms with Crippen molar-refractivity contribution in [2.24, 2.45) is 11.8 Å². The van der Waals surface area contributed by atoms with Crippen LogP contribution < -0.4 is 0 Å². The van der Waals surface area contributed by atoms with Gasteiger partial charge in [0.1, 0.15) is 5.75 Å². The van der Waals surface area contributed by atoms with Gasteiger partial charge < -0.3 is 5.11 Å². The molecule has 0 spiro atoms. The Labute approximate surface area is 227 Å². The van der Waals surface area contributed by atoms with Gasteiger partial charge in [-0.3, -0.25) is 0 Å². The Bertz CT molecular complexity index is 744. The first-order chi connectivity index (χ1) is 16.7. The van der Waals surface area contributed by atoms with Crippen molar-refractivity contribution < 1.29 is 5.11 Å². The summed E-state index contributed by atoms with van der Waals surface area (Å²) in [4.78, 5) is 0. The van der Waals surface area contributed by atoms with Crippen molar-refractivity contribution in [2.75, 3.05) is 0 Å². The molecule has 1 fully saturated rings. The van der Waals surface area contributed by atoms with Crippen LogP contribution in [-0.4, -0.2) is 5.11 Å². The van der Waals surface area contributed by atoms with Crippen molar-refractivity contribution >= 4 is 21.5 Å². The van der Waals surface area contributed by atoms with Gasteiger partial charge in [0, 0.05) is 10.0 Å². The second-order valence-electron chi connectivity index (χ2n) is 9.61. The van der Waals surface area contributed by atoms with Crippen molar-refractivity contribution in [3.8, 4) is 5.75 Å². The molecule has 1 saturated carbocycles. The summed E-state index contributed by atoms with van der Waals surface area (Å²) >= 11 is 3.30. The van der Waals surface area contributed by atoms with E-state index in [1.165, 1.54) is 68.9 Å². The van der Waals surface area contributed by atoms with Crippen LogP contribution in [0.3, 0.4) is 0 Å². The SMILES string of the molecule is C=C(C=C(C)C)c1ccccc1O.C=CC(Br)=C(C)C.CC.CCCC(CC)CCCC1CCC1. The molecule has 1 aromatic carbocycles. The Morgan fingerprint density at radius 3 is 2.06 bits per heavy atom. The molecule has 0 saturated heterocycles. The second-order valence-corrected chi connectivity index (χ2v) is 10.5. The van der Waals surface area contributed by atoms with Crippen LogP contribution in [-0.2, 0) is 0 Å². The van der Waals surface area contributed by atoms with Crippen LogP contribution in [0.2, 0.25) is 0 Å². The van der Waals surface area contributed by atoms with Crippen molar-refractivity contribution in [3.63, 3.8) is 0 Å². The lowest BCUT2D eigenvalue weighted by atomic mass is 9.80. The molecular formula is C33H55BrO. The Morgan fingerprint density at radius 1 is 1.09 bits per heavy atom. The maximum atomic E-state index is 9.50. The van der Waals surface area contributed by atoms with Gasteiger partial charge in [0.05, 0.1) is 0 Å². The number of allylic oxidation sites excluding steroid dienone is 6. The number of para-hydroxylation sites is 1. The van der Waals surface area contributed by atoms with Crippen LogP contribution >= 0.6 is 15.9 Å². The van der Waals surface area contributed by atoms with E-state index in [9.17, 15) is 5.11 Å². The number of benzene rings is 1. The summed E-state index contributed by atoms with van der Waals surface area (Å²) in [7, 11) is 0.